The SMILES string of the molecule is CC(C)C(C(=O)NCc1ccccc1OC(F)(F)F)n1cnc2cc(F)c(F)cc21. The van der Waals surface area contributed by atoms with Crippen molar-refractivity contribution in [2.24, 2.45) is 5.92 Å². The first-order chi connectivity index (χ1) is 14.1. The van der Waals surface area contributed by atoms with Gasteiger partial charge in [-0.15, -0.1) is 13.2 Å². The van der Waals surface area contributed by atoms with E-state index in [4.69, 9.17) is 0 Å². The Labute approximate surface area is 168 Å². The summed E-state index contributed by atoms with van der Waals surface area (Å²) in [5, 5.41) is 2.58. The lowest BCUT2D eigenvalue weighted by atomic mass is 10.0. The average Bonchev–Trinajstić information content (AvgIpc) is 3.02. The van der Waals surface area contributed by atoms with E-state index in [1.54, 1.807) is 13.8 Å². The number of imidazole rings is 1. The van der Waals surface area contributed by atoms with Crippen LogP contribution in [0.15, 0.2) is 42.7 Å². The fraction of sp³-hybridized carbons (Fsp3) is 0.300. The fourth-order valence-electron chi connectivity index (χ4n) is 3.16. The van der Waals surface area contributed by atoms with Gasteiger partial charge in [-0.3, -0.25) is 4.79 Å². The van der Waals surface area contributed by atoms with E-state index in [0.29, 0.717) is 0 Å². The number of nitrogens with zero attached hydrogens (tertiary/aromatic N) is 2. The molecule has 1 unspecified atom stereocenters. The topological polar surface area (TPSA) is 56.1 Å². The Morgan fingerprint density at radius 3 is 2.50 bits per heavy atom. The molecule has 0 spiro atoms. The normalized spacial score (nSPS) is 12.9. The molecule has 0 aliphatic rings. The van der Waals surface area contributed by atoms with Crippen LogP contribution in [0.2, 0.25) is 0 Å². The molecule has 3 aromatic rings. The van der Waals surface area contributed by atoms with Crippen molar-refractivity contribution in [2.45, 2.75) is 32.8 Å². The van der Waals surface area contributed by atoms with Crippen molar-refractivity contribution in [3.63, 3.8) is 0 Å². The summed E-state index contributed by atoms with van der Waals surface area (Å²) in [6.07, 6.45) is -3.57. The molecule has 1 amide bonds. The van der Waals surface area contributed by atoms with E-state index >= 15 is 0 Å². The van der Waals surface area contributed by atoms with E-state index in [-0.39, 0.29) is 29.1 Å². The van der Waals surface area contributed by atoms with Crippen molar-refractivity contribution < 1.29 is 31.5 Å². The number of carbonyl (C=O) groups excluding carboxylic acids is 1. The molecule has 1 N–H and O–H groups in total. The number of hydrogen-bond donors (Lipinski definition) is 1. The summed E-state index contributed by atoms with van der Waals surface area (Å²) in [4.78, 5) is 16.9. The van der Waals surface area contributed by atoms with Crippen LogP contribution in [-0.2, 0) is 11.3 Å². The van der Waals surface area contributed by atoms with Crippen molar-refractivity contribution in [2.75, 3.05) is 0 Å². The van der Waals surface area contributed by atoms with Gasteiger partial charge >= 0.3 is 6.36 Å². The highest BCUT2D eigenvalue weighted by atomic mass is 19.4. The smallest absolute Gasteiger partial charge is 0.405 e. The van der Waals surface area contributed by atoms with Gasteiger partial charge in [0.2, 0.25) is 5.91 Å². The zero-order valence-electron chi connectivity index (χ0n) is 16.0. The lowest BCUT2D eigenvalue weighted by molar-refractivity contribution is -0.274. The number of amides is 1. The van der Waals surface area contributed by atoms with Crippen molar-refractivity contribution in [3.05, 3.63) is 59.9 Å². The number of para-hydroxylation sites is 1. The maximum atomic E-state index is 13.7. The van der Waals surface area contributed by atoms with E-state index in [0.717, 1.165) is 18.2 Å². The number of ether oxygens (including phenoxy) is 1. The van der Waals surface area contributed by atoms with Gasteiger partial charge in [0.05, 0.1) is 17.4 Å². The molecular weight excluding hydrogens is 409 g/mol. The molecule has 0 aliphatic carbocycles. The molecule has 2 aromatic carbocycles. The molecule has 5 nitrogen and oxygen atoms in total. The molecule has 0 saturated heterocycles. The second kappa shape index (κ2) is 8.29. The van der Waals surface area contributed by atoms with E-state index in [1.165, 1.54) is 29.1 Å². The van der Waals surface area contributed by atoms with Crippen LogP contribution in [-0.4, -0.2) is 21.8 Å². The van der Waals surface area contributed by atoms with Crippen LogP contribution in [0.5, 0.6) is 5.75 Å². The van der Waals surface area contributed by atoms with Crippen LogP contribution in [0.1, 0.15) is 25.5 Å². The molecule has 30 heavy (non-hydrogen) atoms. The predicted octanol–water partition coefficient (Wildman–Crippen LogP) is 4.73. The largest absolute Gasteiger partial charge is 0.573 e. The molecule has 10 heteroatoms. The second-order valence-electron chi connectivity index (χ2n) is 6.97. The molecule has 160 valence electrons. The van der Waals surface area contributed by atoms with Gasteiger partial charge in [0.25, 0.3) is 0 Å². The molecule has 3 rings (SSSR count). The number of hydrogen-bond acceptors (Lipinski definition) is 3. The zero-order valence-corrected chi connectivity index (χ0v) is 16.0. The Morgan fingerprint density at radius 1 is 1.17 bits per heavy atom. The molecular formula is C20H18F5N3O2. The lowest BCUT2D eigenvalue weighted by Crippen LogP contribution is -2.35. The first kappa shape index (κ1) is 21.5. The third-order valence-corrected chi connectivity index (χ3v) is 4.47. The molecule has 0 bridgehead atoms. The van der Waals surface area contributed by atoms with Gasteiger partial charge in [-0.2, -0.15) is 0 Å². The maximum Gasteiger partial charge on any atom is 0.573 e. The number of aromatic nitrogens is 2. The molecule has 0 aliphatic heterocycles. The van der Waals surface area contributed by atoms with Crippen LogP contribution in [0.4, 0.5) is 22.0 Å². The quantitative estimate of drug-likeness (QED) is 0.579. The number of fused-ring (bicyclic) bond motifs is 1. The summed E-state index contributed by atoms with van der Waals surface area (Å²) in [6, 6.07) is 6.48. The first-order valence-electron chi connectivity index (χ1n) is 8.99. The van der Waals surface area contributed by atoms with Crippen LogP contribution < -0.4 is 10.1 Å². The summed E-state index contributed by atoms with van der Waals surface area (Å²) in [5.74, 6) is -3.35. The third-order valence-electron chi connectivity index (χ3n) is 4.47. The first-order valence-corrected chi connectivity index (χ1v) is 8.99. The monoisotopic (exact) mass is 427 g/mol. The zero-order chi connectivity index (χ0) is 22.1. The molecule has 1 atom stereocenters. The summed E-state index contributed by atoms with van der Waals surface area (Å²) >= 11 is 0. The van der Waals surface area contributed by atoms with Crippen LogP contribution >= 0.6 is 0 Å². The Morgan fingerprint density at radius 2 is 1.83 bits per heavy atom. The van der Waals surface area contributed by atoms with Crippen molar-refractivity contribution in [3.8, 4) is 5.75 Å². The Balaban J connectivity index is 1.84. The fourth-order valence-corrected chi connectivity index (χ4v) is 3.16. The second-order valence-corrected chi connectivity index (χ2v) is 6.97. The molecule has 0 radical (unpaired) electrons. The van der Waals surface area contributed by atoms with Gasteiger partial charge in [-0.05, 0) is 12.0 Å². The highest BCUT2D eigenvalue weighted by molar-refractivity contribution is 5.84. The lowest BCUT2D eigenvalue weighted by Gasteiger charge is -2.23. The number of carbonyl (C=O) groups is 1. The van der Waals surface area contributed by atoms with E-state index < -0.39 is 35.7 Å². The van der Waals surface area contributed by atoms with E-state index in [2.05, 4.69) is 15.0 Å². The Kier molecular flexibility index (Phi) is 5.95. The van der Waals surface area contributed by atoms with E-state index in [9.17, 15) is 26.7 Å². The van der Waals surface area contributed by atoms with Gasteiger partial charge < -0.3 is 14.6 Å². The number of halogens is 5. The molecule has 1 aromatic heterocycles. The van der Waals surface area contributed by atoms with Crippen molar-refractivity contribution in [1.29, 1.82) is 0 Å². The van der Waals surface area contributed by atoms with Crippen LogP contribution in [0.25, 0.3) is 11.0 Å². The summed E-state index contributed by atoms with van der Waals surface area (Å²) in [7, 11) is 0. The van der Waals surface area contributed by atoms with Crippen molar-refractivity contribution in [1.82, 2.24) is 14.9 Å². The van der Waals surface area contributed by atoms with E-state index in [1.807, 2.05) is 0 Å². The summed E-state index contributed by atoms with van der Waals surface area (Å²) in [5.41, 5.74) is 0.536. The number of alkyl halides is 3. The van der Waals surface area contributed by atoms with Crippen molar-refractivity contribution >= 4 is 16.9 Å². The van der Waals surface area contributed by atoms with Crippen LogP contribution in [0.3, 0.4) is 0 Å². The minimum absolute atomic E-state index is 0.134. The number of benzene rings is 2. The standard InChI is InChI=1S/C20H18F5N3O2/c1-11(2)18(28-10-27-15-7-13(21)14(22)8-16(15)28)19(29)26-9-12-5-3-4-6-17(12)30-20(23,24)25/h3-8,10-11,18H,9H2,1-2H3,(H,26,29). The molecule has 1 heterocycles. The molecule has 0 fully saturated rings. The molecule has 0 saturated carbocycles. The minimum Gasteiger partial charge on any atom is -0.405 e. The summed E-state index contributed by atoms with van der Waals surface area (Å²) < 4.78 is 70.3. The highest BCUT2D eigenvalue weighted by Gasteiger charge is 2.32. The predicted molar refractivity (Wildman–Crippen MR) is 98.5 cm³/mol. The van der Waals surface area contributed by atoms with Gasteiger partial charge in [0.15, 0.2) is 11.6 Å². The van der Waals surface area contributed by atoms with Crippen LogP contribution in [0, 0.1) is 17.6 Å². The third kappa shape index (κ3) is 4.69. The minimum atomic E-state index is -4.87. The average molecular weight is 427 g/mol. The Hall–Kier alpha value is -3.17. The van der Waals surface area contributed by atoms with Gasteiger partial charge in [0, 0.05) is 24.2 Å². The Bertz CT molecular complexity index is 1060. The maximum absolute atomic E-state index is 13.7. The van der Waals surface area contributed by atoms with Gasteiger partial charge in [-0.25, -0.2) is 13.8 Å². The number of nitrogens with one attached hydrogen (secondary N) is 1. The number of rotatable bonds is 6. The van der Waals surface area contributed by atoms with Gasteiger partial charge in [0.1, 0.15) is 11.8 Å². The van der Waals surface area contributed by atoms with Gasteiger partial charge in [-0.1, -0.05) is 32.0 Å². The highest BCUT2D eigenvalue weighted by Crippen LogP contribution is 2.28. The summed E-state index contributed by atoms with van der Waals surface area (Å²) in [6.45, 7) is 3.28.